The summed E-state index contributed by atoms with van der Waals surface area (Å²) in [7, 11) is 1.61. The van der Waals surface area contributed by atoms with Crippen LogP contribution in [0.5, 0.6) is 5.75 Å². The Hall–Kier alpha value is -3.15. The van der Waals surface area contributed by atoms with Crippen LogP contribution in [0.25, 0.3) is 0 Å². The second kappa shape index (κ2) is 7.82. The quantitative estimate of drug-likeness (QED) is 0.774. The van der Waals surface area contributed by atoms with E-state index >= 15 is 0 Å². The average molecular weight is 352 g/mol. The Kier molecular flexibility index (Phi) is 5.31. The number of carbonyl (C=O) groups is 3. The number of rotatable bonds is 7. The van der Waals surface area contributed by atoms with Gasteiger partial charge in [-0.25, -0.2) is 0 Å². The van der Waals surface area contributed by atoms with Gasteiger partial charge in [0, 0.05) is 19.5 Å². The number of nitrogens with zero attached hydrogens (tertiary/aromatic N) is 1. The van der Waals surface area contributed by atoms with E-state index in [4.69, 9.17) is 4.74 Å². The van der Waals surface area contributed by atoms with Gasteiger partial charge in [0.15, 0.2) is 0 Å². The molecule has 2 aromatic carbocycles. The summed E-state index contributed by atoms with van der Waals surface area (Å²) in [6.07, 6.45) is 0.722. The predicted octanol–water partition coefficient (Wildman–Crippen LogP) is 2.04. The zero-order valence-corrected chi connectivity index (χ0v) is 14.5. The fourth-order valence-corrected chi connectivity index (χ4v) is 2.99. The van der Waals surface area contributed by atoms with Crippen LogP contribution in [-0.4, -0.2) is 42.8 Å². The van der Waals surface area contributed by atoms with Crippen LogP contribution < -0.4 is 10.1 Å². The van der Waals surface area contributed by atoms with Crippen LogP contribution in [0.15, 0.2) is 48.5 Å². The topological polar surface area (TPSA) is 75.7 Å². The van der Waals surface area contributed by atoms with Crippen molar-refractivity contribution in [1.29, 1.82) is 0 Å². The van der Waals surface area contributed by atoms with Crippen LogP contribution in [0.2, 0.25) is 0 Å². The monoisotopic (exact) mass is 352 g/mol. The van der Waals surface area contributed by atoms with Gasteiger partial charge >= 0.3 is 0 Å². The number of benzene rings is 2. The van der Waals surface area contributed by atoms with Gasteiger partial charge in [-0.2, -0.15) is 0 Å². The second-order valence-electron chi connectivity index (χ2n) is 5.97. The molecule has 6 nitrogen and oxygen atoms in total. The maximum Gasteiger partial charge on any atom is 0.261 e. The van der Waals surface area contributed by atoms with Gasteiger partial charge in [0.1, 0.15) is 5.75 Å². The lowest BCUT2D eigenvalue weighted by molar-refractivity contribution is -0.121. The molecule has 0 saturated carbocycles. The highest BCUT2D eigenvalue weighted by Crippen LogP contribution is 2.22. The highest BCUT2D eigenvalue weighted by molar-refractivity contribution is 6.21. The zero-order valence-electron chi connectivity index (χ0n) is 14.5. The van der Waals surface area contributed by atoms with Gasteiger partial charge in [0.2, 0.25) is 5.91 Å². The number of imide groups is 1. The van der Waals surface area contributed by atoms with E-state index in [1.54, 1.807) is 31.4 Å². The van der Waals surface area contributed by atoms with Crippen molar-refractivity contribution in [2.75, 3.05) is 20.2 Å². The molecule has 134 valence electrons. The molecule has 0 aromatic heterocycles. The fraction of sp³-hybridized carbons (Fsp3) is 0.250. The number of carbonyl (C=O) groups excluding carboxylic acids is 3. The number of hydrogen-bond donors (Lipinski definition) is 1. The molecule has 0 saturated heterocycles. The molecular weight excluding hydrogens is 332 g/mol. The second-order valence-corrected chi connectivity index (χ2v) is 5.97. The van der Waals surface area contributed by atoms with Crippen molar-refractivity contribution in [2.24, 2.45) is 0 Å². The van der Waals surface area contributed by atoms with Gasteiger partial charge in [-0.15, -0.1) is 0 Å². The molecule has 26 heavy (non-hydrogen) atoms. The molecule has 0 atom stereocenters. The summed E-state index contributed by atoms with van der Waals surface area (Å²) in [5.74, 6) is -0.0935. The third kappa shape index (κ3) is 3.59. The Morgan fingerprint density at radius 2 is 1.62 bits per heavy atom. The van der Waals surface area contributed by atoms with Crippen LogP contribution >= 0.6 is 0 Å². The number of hydrogen-bond acceptors (Lipinski definition) is 4. The molecule has 0 aliphatic carbocycles. The number of nitrogens with one attached hydrogen (secondary N) is 1. The standard InChI is InChI=1S/C20H20N2O4/c1-26-17-9-5-2-6-14(17)10-12-21-18(23)11-13-22-19(24)15-7-3-4-8-16(15)20(22)25/h2-9H,10-13H2,1H3,(H,21,23). The molecule has 0 bridgehead atoms. The summed E-state index contributed by atoms with van der Waals surface area (Å²) in [6, 6.07) is 14.3. The number of fused-ring (bicyclic) bond motifs is 1. The predicted molar refractivity (Wildman–Crippen MR) is 96.1 cm³/mol. The molecule has 0 spiro atoms. The average Bonchev–Trinajstić information content (AvgIpc) is 2.91. The summed E-state index contributed by atoms with van der Waals surface area (Å²) in [6.45, 7) is 0.536. The van der Waals surface area contributed by atoms with Crippen LogP contribution in [-0.2, 0) is 11.2 Å². The Bertz CT molecular complexity index is 812. The molecule has 1 N–H and O–H groups in total. The zero-order chi connectivity index (χ0) is 18.5. The molecule has 0 unspecified atom stereocenters. The van der Waals surface area contributed by atoms with E-state index in [1.807, 2.05) is 24.3 Å². The number of amides is 3. The van der Waals surface area contributed by atoms with Crippen molar-refractivity contribution < 1.29 is 19.1 Å². The van der Waals surface area contributed by atoms with Gasteiger partial charge in [-0.3, -0.25) is 19.3 Å². The number of para-hydroxylation sites is 1. The molecule has 0 radical (unpaired) electrons. The van der Waals surface area contributed by atoms with Gasteiger partial charge in [-0.05, 0) is 30.2 Å². The van der Waals surface area contributed by atoms with Gasteiger partial charge in [0.05, 0.1) is 18.2 Å². The first-order chi connectivity index (χ1) is 12.6. The third-order valence-corrected chi connectivity index (χ3v) is 4.35. The minimum absolute atomic E-state index is 0.0762. The van der Waals surface area contributed by atoms with Crippen molar-refractivity contribution in [1.82, 2.24) is 10.2 Å². The summed E-state index contributed by atoms with van der Waals surface area (Å²) < 4.78 is 5.28. The van der Waals surface area contributed by atoms with E-state index in [0.717, 1.165) is 16.2 Å². The van der Waals surface area contributed by atoms with Crippen molar-refractivity contribution >= 4 is 17.7 Å². The fourth-order valence-electron chi connectivity index (χ4n) is 2.99. The smallest absolute Gasteiger partial charge is 0.261 e. The summed E-state index contributed by atoms with van der Waals surface area (Å²) in [5.41, 5.74) is 1.80. The van der Waals surface area contributed by atoms with E-state index in [9.17, 15) is 14.4 Å². The van der Waals surface area contributed by atoms with Gasteiger partial charge in [-0.1, -0.05) is 30.3 Å². The lowest BCUT2D eigenvalue weighted by atomic mass is 10.1. The van der Waals surface area contributed by atoms with Crippen LogP contribution in [0.1, 0.15) is 32.7 Å². The summed E-state index contributed by atoms with van der Waals surface area (Å²) >= 11 is 0. The van der Waals surface area contributed by atoms with Crippen LogP contribution in [0.3, 0.4) is 0 Å². The van der Waals surface area contributed by atoms with Crippen molar-refractivity contribution in [3.05, 3.63) is 65.2 Å². The number of methoxy groups -OCH3 is 1. The SMILES string of the molecule is COc1ccccc1CCNC(=O)CCN1C(=O)c2ccccc2C1=O. The minimum atomic E-state index is -0.340. The molecular formula is C20H20N2O4. The molecule has 0 fully saturated rings. The van der Waals surface area contributed by atoms with Crippen LogP contribution in [0.4, 0.5) is 0 Å². The van der Waals surface area contributed by atoms with E-state index < -0.39 is 0 Å². The van der Waals surface area contributed by atoms with Crippen molar-refractivity contribution in [2.45, 2.75) is 12.8 Å². The minimum Gasteiger partial charge on any atom is -0.496 e. The normalized spacial score (nSPS) is 12.9. The van der Waals surface area contributed by atoms with Gasteiger partial charge < -0.3 is 10.1 Å². The largest absolute Gasteiger partial charge is 0.496 e. The first-order valence-corrected chi connectivity index (χ1v) is 8.45. The molecule has 3 amide bonds. The highest BCUT2D eigenvalue weighted by Gasteiger charge is 2.34. The van der Waals surface area contributed by atoms with Crippen molar-refractivity contribution in [3.63, 3.8) is 0 Å². The summed E-state index contributed by atoms with van der Waals surface area (Å²) in [4.78, 5) is 37.7. The Morgan fingerprint density at radius 1 is 1.00 bits per heavy atom. The van der Waals surface area contributed by atoms with E-state index in [-0.39, 0.29) is 30.7 Å². The molecule has 1 aliphatic rings. The Balaban J connectivity index is 1.48. The molecule has 6 heteroatoms. The van der Waals surface area contributed by atoms with E-state index in [2.05, 4.69) is 5.32 Å². The first kappa shape index (κ1) is 17.7. The van der Waals surface area contributed by atoms with Crippen LogP contribution in [0, 0.1) is 0 Å². The molecule has 2 aromatic rings. The first-order valence-electron chi connectivity index (χ1n) is 8.45. The number of ether oxygens (including phenoxy) is 1. The third-order valence-electron chi connectivity index (χ3n) is 4.35. The Labute approximate surface area is 151 Å². The van der Waals surface area contributed by atoms with Crippen molar-refractivity contribution in [3.8, 4) is 5.75 Å². The van der Waals surface area contributed by atoms with Gasteiger partial charge in [0.25, 0.3) is 11.8 Å². The van der Waals surface area contributed by atoms with E-state index in [0.29, 0.717) is 24.1 Å². The molecule has 1 aliphatic heterocycles. The maximum absolute atomic E-state index is 12.2. The highest BCUT2D eigenvalue weighted by atomic mass is 16.5. The van der Waals surface area contributed by atoms with E-state index in [1.165, 1.54) is 0 Å². The lowest BCUT2D eigenvalue weighted by Gasteiger charge is -2.14. The molecule has 1 heterocycles. The summed E-state index contributed by atoms with van der Waals surface area (Å²) in [5, 5.41) is 2.81. The maximum atomic E-state index is 12.2. The Morgan fingerprint density at radius 3 is 2.27 bits per heavy atom. The lowest BCUT2D eigenvalue weighted by Crippen LogP contribution is -2.35. The molecule has 3 rings (SSSR count).